The van der Waals surface area contributed by atoms with E-state index < -0.39 is 14.6 Å². The first-order valence-electron chi connectivity index (χ1n) is 3.39. The summed E-state index contributed by atoms with van der Waals surface area (Å²) in [7, 11) is -3.30. The van der Waals surface area contributed by atoms with E-state index in [1.807, 2.05) is 0 Å². The standard InChI is InChI=1S/C7H13NO3S/c1-4-5-12(10,11)7(2,3)6-8-9/h4,6,9H,1,5H2,2-3H3. The van der Waals surface area contributed by atoms with Gasteiger partial charge in [-0.3, -0.25) is 0 Å². The Kier molecular flexibility index (Phi) is 3.45. The summed E-state index contributed by atoms with van der Waals surface area (Å²) in [5.41, 5.74) is 0. The molecule has 0 rings (SSSR count). The summed E-state index contributed by atoms with van der Waals surface area (Å²) in [6.07, 6.45) is 2.30. The van der Waals surface area contributed by atoms with E-state index in [2.05, 4.69) is 11.7 Å². The Balaban J connectivity index is 4.88. The van der Waals surface area contributed by atoms with Crippen LogP contribution in [-0.4, -0.2) is 30.3 Å². The van der Waals surface area contributed by atoms with E-state index in [4.69, 9.17) is 5.21 Å². The molecule has 0 spiro atoms. The van der Waals surface area contributed by atoms with Crippen LogP contribution in [0.4, 0.5) is 0 Å². The Morgan fingerprint density at radius 3 is 2.42 bits per heavy atom. The molecule has 0 saturated heterocycles. The minimum Gasteiger partial charge on any atom is -0.411 e. The third-order valence-electron chi connectivity index (χ3n) is 1.51. The van der Waals surface area contributed by atoms with E-state index in [0.717, 1.165) is 6.21 Å². The fourth-order valence-electron chi connectivity index (χ4n) is 0.589. The zero-order valence-corrected chi connectivity index (χ0v) is 8.00. The van der Waals surface area contributed by atoms with Crippen LogP contribution in [0.25, 0.3) is 0 Å². The maximum Gasteiger partial charge on any atom is 0.164 e. The van der Waals surface area contributed by atoms with Gasteiger partial charge in [-0.1, -0.05) is 6.08 Å². The predicted octanol–water partition coefficient (Wildman–Crippen LogP) is 0.826. The first-order valence-corrected chi connectivity index (χ1v) is 5.04. The second-order valence-corrected chi connectivity index (χ2v) is 5.53. The van der Waals surface area contributed by atoms with Gasteiger partial charge in [0.2, 0.25) is 0 Å². The van der Waals surface area contributed by atoms with Crippen LogP contribution in [0.3, 0.4) is 0 Å². The summed E-state index contributed by atoms with van der Waals surface area (Å²) in [5.74, 6) is -0.119. The first kappa shape index (κ1) is 11.2. The Morgan fingerprint density at radius 1 is 1.58 bits per heavy atom. The average molecular weight is 191 g/mol. The van der Waals surface area contributed by atoms with Crippen LogP contribution in [0.1, 0.15) is 13.8 Å². The zero-order chi connectivity index (χ0) is 9.83. The van der Waals surface area contributed by atoms with Gasteiger partial charge >= 0.3 is 0 Å². The molecule has 0 atom stereocenters. The molecule has 0 amide bonds. The van der Waals surface area contributed by atoms with Gasteiger partial charge in [-0.15, -0.1) is 11.7 Å². The summed E-state index contributed by atoms with van der Waals surface area (Å²) in [6.45, 7) is 6.26. The quantitative estimate of drug-likeness (QED) is 0.310. The molecule has 0 aliphatic carbocycles. The summed E-state index contributed by atoms with van der Waals surface area (Å²) in [5, 5.41) is 10.9. The number of sulfone groups is 1. The van der Waals surface area contributed by atoms with E-state index in [1.165, 1.54) is 19.9 Å². The lowest BCUT2D eigenvalue weighted by molar-refractivity contribution is 0.319. The molecule has 70 valence electrons. The van der Waals surface area contributed by atoms with E-state index in [0.29, 0.717) is 0 Å². The minimum absolute atomic E-state index is 0.119. The molecule has 1 N–H and O–H groups in total. The third kappa shape index (κ3) is 2.34. The number of nitrogens with zero attached hydrogens (tertiary/aromatic N) is 1. The van der Waals surface area contributed by atoms with Crippen molar-refractivity contribution in [3.05, 3.63) is 12.7 Å². The molecule has 0 bridgehead atoms. The SMILES string of the molecule is C=CCS(=O)(=O)C(C)(C)C=NO. The second-order valence-electron chi connectivity index (χ2n) is 2.92. The molecule has 5 heteroatoms. The van der Waals surface area contributed by atoms with Crippen LogP contribution in [0, 0.1) is 0 Å². The molecule has 12 heavy (non-hydrogen) atoms. The Labute approximate surface area is 72.5 Å². The lowest BCUT2D eigenvalue weighted by Gasteiger charge is -2.17. The molecule has 0 aromatic rings. The number of hydrogen-bond acceptors (Lipinski definition) is 4. The molecule has 0 fully saturated rings. The lowest BCUT2D eigenvalue weighted by atomic mass is 10.2. The van der Waals surface area contributed by atoms with Crippen LogP contribution < -0.4 is 0 Å². The number of rotatable bonds is 4. The average Bonchev–Trinajstić information content (AvgIpc) is 1.86. The first-order chi connectivity index (χ1) is 5.37. The highest BCUT2D eigenvalue weighted by molar-refractivity contribution is 7.93. The molecular formula is C7H13NO3S. The lowest BCUT2D eigenvalue weighted by Crippen LogP contribution is -2.35. The Morgan fingerprint density at radius 2 is 2.08 bits per heavy atom. The van der Waals surface area contributed by atoms with Gasteiger partial charge in [-0.25, -0.2) is 8.42 Å². The van der Waals surface area contributed by atoms with Crippen molar-refractivity contribution < 1.29 is 13.6 Å². The van der Waals surface area contributed by atoms with Gasteiger partial charge < -0.3 is 5.21 Å². The van der Waals surface area contributed by atoms with Gasteiger partial charge in [0.25, 0.3) is 0 Å². The van der Waals surface area contributed by atoms with Crippen molar-refractivity contribution >= 4 is 16.1 Å². The van der Waals surface area contributed by atoms with E-state index >= 15 is 0 Å². The van der Waals surface area contributed by atoms with Crippen molar-refractivity contribution in [1.82, 2.24) is 0 Å². The molecule has 0 aromatic heterocycles. The van der Waals surface area contributed by atoms with Gasteiger partial charge in [0.05, 0.1) is 12.0 Å². The molecule has 0 aliphatic rings. The van der Waals surface area contributed by atoms with Crippen molar-refractivity contribution in [2.45, 2.75) is 18.6 Å². The summed E-state index contributed by atoms with van der Waals surface area (Å²) in [6, 6.07) is 0. The molecule has 4 nitrogen and oxygen atoms in total. The summed E-state index contributed by atoms with van der Waals surface area (Å²) in [4.78, 5) is 0. The molecule has 0 aliphatic heterocycles. The minimum atomic E-state index is -3.30. The van der Waals surface area contributed by atoms with E-state index in [1.54, 1.807) is 0 Å². The van der Waals surface area contributed by atoms with Crippen molar-refractivity contribution in [1.29, 1.82) is 0 Å². The number of hydrogen-bond donors (Lipinski definition) is 1. The summed E-state index contributed by atoms with van der Waals surface area (Å²) >= 11 is 0. The fourth-order valence-corrected chi connectivity index (χ4v) is 1.54. The maximum atomic E-state index is 11.4. The van der Waals surface area contributed by atoms with Crippen molar-refractivity contribution in [2.75, 3.05) is 5.75 Å². The highest BCUT2D eigenvalue weighted by atomic mass is 32.2. The van der Waals surface area contributed by atoms with Crippen LogP contribution in [0.2, 0.25) is 0 Å². The molecule has 0 radical (unpaired) electrons. The van der Waals surface area contributed by atoms with E-state index in [-0.39, 0.29) is 5.75 Å². The maximum absolute atomic E-state index is 11.4. The smallest absolute Gasteiger partial charge is 0.164 e. The van der Waals surface area contributed by atoms with Gasteiger partial charge in [-0.2, -0.15) is 0 Å². The molecule has 0 heterocycles. The van der Waals surface area contributed by atoms with Crippen molar-refractivity contribution in [2.24, 2.45) is 5.16 Å². The molecule has 0 saturated carbocycles. The predicted molar refractivity (Wildman–Crippen MR) is 48.3 cm³/mol. The normalized spacial score (nSPS) is 13.5. The topological polar surface area (TPSA) is 66.7 Å². The van der Waals surface area contributed by atoms with Crippen molar-refractivity contribution in [3.8, 4) is 0 Å². The van der Waals surface area contributed by atoms with Gasteiger partial charge in [0, 0.05) is 0 Å². The van der Waals surface area contributed by atoms with Gasteiger partial charge in [-0.05, 0) is 13.8 Å². The molecular weight excluding hydrogens is 178 g/mol. The monoisotopic (exact) mass is 191 g/mol. The van der Waals surface area contributed by atoms with Gasteiger partial charge in [0.15, 0.2) is 9.84 Å². The molecule has 0 aromatic carbocycles. The van der Waals surface area contributed by atoms with Crippen molar-refractivity contribution in [3.63, 3.8) is 0 Å². The highest BCUT2D eigenvalue weighted by Crippen LogP contribution is 2.14. The van der Waals surface area contributed by atoms with Crippen LogP contribution in [0.15, 0.2) is 17.8 Å². The number of oxime groups is 1. The van der Waals surface area contributed by atoms with Gasteiger partial charge in [0.1, 0.15) is 4.75 Å². The highest BCUT2D eigenvalue weighted by Gasteiger charge is 2.31. The largest absolute Gasteiger partial charge is 0.411 e. The Bertz CT molecular complexity index is 277. The van der Waals surface area contributed by atoms with Crippen LogP contribution in [-0.2, 0) is 9.84 Å². The molecule has 0 unspecified atom stereocenters. The van der Waals surface area contributed by atoms with E-state index in [9.17, 15) is 8.42 Å². The van der Waals surface area contributed by atoms with Crippen LogP contribution in [0.5, 0.6) is 0 Å². The zero-order valence-electron chi connectivity index (χ0n) is 7.19. The van der Waals surface area contributed by atoms with Crippen LogP contribution >= 0.6 is 0 Å². The third-order valence-corrected chi connectivity index (χ3v) is 3.89. The second kappa shape index (κ2) is 3.71. The Hall–Kier alpha value is -0.840. The summed E-state index contributed by atoms with van der Waals surface area (Å²) < 4.78 is 21.6. The fraction of sp³-hybridized carbons (Fsp3) is 0.571.